The van der Waals surface area contributed by atoms with Gasteiger partial charge in [-0.3, -0.25) is 10.2 Å². The van der Waals surface area contributed by atoms with Crippen LogP contribution in [0.25, 0.3) is 0 Å². The molecule has 1 aliphatic rings. The lowest BCUT2D eigenvalue weighted by Gasteiger charge is -2.16. The van der Waals surface area contributed by atoms with Crippen LogP contribution in [-0.4, -0.2) is 21.5 Å². The van der Waals surface area contributed by atoms with Crippen LogP contribution in [0, 0.1) is 0 Å². The van der Waals surface area contributed by atoms with Crippen LogP contribution < -0.4 is 11.3 Å². The smallest absolute Gasteiger partial charge is 0.313 e. The zero-order valence-electron chi connectivity index (χ0n) is 8.84. The molecule has 0 saturated heterocycles. The van der Waals surface area contributed by atoms with Gasteiger partial charge in [0, 0.05) is 6.54 Å². The molecule has 94 valence electrons. The lowest BCUT2D eigenvalue weighted by molar-refractivity contribution is -0.0888. The molecule has 0 aromatic carbocycles. The molecule has 8 heteroatoms. The summed E-state index contributed by atoms with van der Waals surface area (Å²) in [7, 11) is 0. The Bertz CT molecular complexity index is 452. The topological polar surface area (TPSA) is 72.9 Å². The number of rotatable bonds is 2. The monoisotopic (exact) mass is 248 g/mol. The van der Waals surface area contributed by atoms with Gasteiger partial charge >= 0.3 is 6.18 Å². The van der Waals surface area contributed by atoms with Crippen LogP contribution in [0.3, 0.4) is 0 Å². The highest BCUT2D eigenvalue weighted by atomic mass is 19.4. The van der Waals surface area contributed by atoms with Crippen molar-refractivity contribution in [1.82, 2.24) is 9.55 Å². The van der Waals surface area contributed by atoms with E-state index in [4.69, 9.17) is 5.84 Å². The minimum Gasteiger partial charge on any atom is -0.313 e. The van der Waals surface area contributed by atoms with Gasteiger partial charge in [0.2, 0.25) is 5.95 Å². The van der Waals surface area contributed by atoms with E-state index in [-0.39, 0.29) is 5.95 Å². The maximum atomic E-state index is 12.4. The van der Waals surface area contributed by atoms with Crippen LogP contribution >= 0.6 is 0 Å². The molecule has 1 aromatic heterocycles. The first-order chi connectivity index (χ1) is 7.95. The lowest BCUT2D eigenvalue weighted by atomic mass is 10.1. The number of nitrogen functional groups attached to an aromatic ring is 1. The summed E-state index contributed by atoms with van der Waals surface area (Å²) in [5.41, 5.74) is 1.99. The number of nitrogens with one attached hydrogen (secondary N) is 1. The maximum absolute atomic E-state index is 12.4. The summed E-state index contributed by atoms with van der Waals surface area (Å²) < 4.78 is 38.6. The molecule has 1 aliphatic heterocycles. The largest absolute Gasteiger partial charge is 0.456 e. The summed E-state index contributed by atoms with van der Waals surface area (Å²) in [5.74, 6) is 3.36. The first kappa shape index (κ1) is 11.9. The SMILES string of the molecule is NNc1nc(C(=O)C(F)(F)F)c2n1CCCC2. The second-order valence-electron chi connectivity index (χ2n) is 3.81. The third-order valence-electron chi connectivity index (χ3n) is 2.72. The van der Waals surface area contributed by atoms with Crippen molar-refractivity contribution in [3.63, 3.8) is 0 Å². The van der Waals surface area contributed by atoms with E-state index in [1.165, 1.54) is 4.57 Å². The van der Waals surface area contributed by atoms with E-state index in [1.54, 1.807) is 0 Å². The molecule has 0 fully saturated rings. The van der Waals surface area contributed by atoms with E-state index in [1.807, 2.05) is 0 Å². The van der Waals surface area contributed by atoms with Crippen molar-refractivity contribution in [2.24, 2.45) is 5.84 Å². The molecule has 0 saturated carbocycles. The van der Waals surface area contributed by atoms with Gasteiger partial charge in [0.15, 0.2) is 0 Å². The number of carbonyl (C=O) groups excluding carboxylic acids is 1. The number of nitrogens with two attached hydrogens (primary N) is 1. The minimum absolute atomic E-state index is 0.104. The number of Topliss-reactive ketones (excluding diaryl/α,β-unsaturated/α-hetero) is 1. The average molecular weight is 248 g/mol. The van der Waals surface area contributed by atoms with Gasteiger partial charge in [-0.2, -0.15) is 13.2 Å². The van der Waals surface area contributed by atoms with Crippen molar-refractivity contribution in [3.8, 4) is 0 Å². The normalized spacial score (nSPS) is 15.5. The third-order valence-corrected chi connectivity index (χ3v) is 2.72. The van der Waals surface area contributed by atoms with E-state index in [0.29, 0.717) is 18.7 Å². The predicted octanol–water partition coefficient (Wildman–Crippen LogP) is 1.25. The van der Waals surface area contributed by atoms with Gasteiger partial charge in [0.25, 0.3) is 5.78 Å². The van der Waals surface area contributed by atoms with Gasteiger partial charge in [-0.1, -0.05) is 0 Å². The quantitative estimate of drug-likeness (QED) is 0.469. The number of imidazole rings is 1. The Labute approximate surface area is 94.8 Å². The number of halogens is 3. The summed E-state index contributed by atoms with van der Waals surface area (Å²) in [6, 6.07) is 0. The van der Waals surface area contributed by atoms with Gasteiger partial charge in [-0.25, -0.2) is 10.8 Å². The van der Waals surface area contributed by atoms with E-state index in [2.05, 4.69) is 10.4 Å². The molecule has 0 spiro atoms. The van der Waals surface area contributed by atoms with E-state index in [9.17, 15) is 18.0 Å². The second kappa shape index (κ2) is 4.02. The fourth-order valence-electron chi connectivity index (χ4n) is 1.97. The van der Waals surface area contributed by atoms with E-state index < -0.39 is 17.7 Å². The van der Waals surface area contributed by atoms with Crippen LogP contribution in [0.15, 0.2) is 0 Å². The minimum atomic E-state index is -4.90. The van der Waals surface area contributed by atoms with Crippen LogP contribution in [0.1, 0.15) is 29.0 Å². The number of alkyl halides is 3. The van der Waals surface area contributed by atoms with Gasteiger partial charge in [0.1, 0.15) is 5.69 Å². The number of hydrogen-bond donors (Lipinski definition) is 2. The highest BCUT2D eigenvalue weighted by molar-refractivity contribution is 6.00. The number of carbonyl (C=O) groups is 1. The van der Waals surface area contributed by atoms with Crippen molar-refractivity contribution in [2.75, 3.05) is 5.43 Å². The molecule has 3 N–H and O–H groups in total. The van der Waals surface area contributed by atoms with Crippen molar-refractivity contribution in [1.29, 1.82) is 0 Å². The summed E-state index contributed by atoms with van der Waals surface area (Å²) in [6.07, 6.45) is -2.92. The molecule has 17 heavy (non-hydrogen) atoms. The standard InChI is InChI=1S/C9H11F3N4O/c10-9(11,12)7(17)6-5-3-1-2-4-16(5)8(14-6)15-13/h1-4,13H2,(H,14,15). The maximum Gasteiger partial charge on any atom is 0.456 e. The summed E-state index contributed by atoms with van der Waals surface area (Å²) >= 11 is 0. The van der Waals surface area contributed by atoms with E-state index >= 15 is 0 Å². The fraction of sp³-hybridized carbons (Fsp3) is 0.556. The number of aromatic nitrogens is 2. The molecule has 2 heterocycles. The summed E-state index contributed by atoms with van der Waals surface area (Å²) in [6.45, 7) is 0.521. The molecular weight excluding hydrogens is 237 g/mol. The van der Waals surface area contributed by atoms with Gasteiger partial charge in [-0.15, -0.1) is 0 Å². The van der Waals surface area contributed by atoms with Gasteiger partial charge < -0.3 is 4.57 Å². The molecule has 5 nitrogen and oxygen atoms in total. The van der Waals surface area contributed by atoms with Crippen molar-refractivity contribution in [2.45, 2.75) is 32.0 Å². The average Bonchev–Trinajstić information content (AvgIpc) is 2.65. The lowest BCUT2D eigenvalue weighted by Crippen LogP contribution is -2.25. The van der Waals surface area contributed by atoms with E-state index in [0.717, 1.165) is 12.8 Å². The number of hydrogen-bond acceptors (Lipinski definition) is 4. The highest BCUT2D eigenvalue weighted by Crippen LogP contribution is 2.28. The fourth-order valence-corrected chi connectivity index (χ4v) is 1.97. The molecular formula is C9H11F3N4O. The Morgan fingerprint density at radius 1 is 1.41 bits per heavy atom. The number of ketones is 1. The summed E-state index contributed by atoms with van der Waals surface area (Å²) in [4.78, 5) is 14.8. The molecule has 0 atom stereocenters. The molecule has 2 rings (SSSR count). The van der Waals surface area contributed by atoms with Gasteiger partial charge in [-0.05, 0) is 19.3 Å². The first-order valence-electron chi connectivity index (χ1n) is 5.12. The molecule has 0 radical (unpaired) electrons. The molecule has 0 bridgehead atoms. The second-order valence-corrected chi connectivity index (χ2v) is 3.81. The Kier molecular flexibility index (Phi) is 2.82. The molecule has 0 unspecified atom stereocenters. The third kappa shape index (κ3) is 1.99. The zero-order valence-corrected chi connectivity index (χ0v) is 8.84. The highest BCUT2D eigenvalue weighted by Gasteiger charge is 2.43. The molecule has 1 aromatic rings. The predicted molar refractivity (Wildman–Crippen MR) is 53.4 cm³/mol. The number of nitrogens with zero attached hydrogens (tertiary/aromatic N) is 2. The Morgan fingerprint density at radius 3 is 2.71 bits per heavy atom. The van der Waals surface area contributed by atoms with Crippen LogP contribution in [-0.2, 0) is 13.0 Å². The Hall–Kier alpha value is -1.57. The van der Waals surface area contributed by atoms with Crippen LogP contribution in [0.4, 0.5) is 19.1 Å². The molecule has 0 aliphatic carbocycles. The Balaban J connectivity index is 2.48. The number of hydrazine groups is 1. The van der Waals surface area contributed by atoms with Gasteiger partial charge in [0.05, 0.1) is 5.69 Å². The van der Waals surface area contributed by atoms with Crippen molar-refractivity contribution < 1.29 is 18.0 Å². The number of fused-ring (bicyclic) bond motifs is 1. The Morgan fingerprint density at radius 2 is 2.12 bits per heavy atom. The number of anilines is 1. The zero-order chi connectivity index (χ0) is 12.6. The van der Waals surface area contributed by atoms with Crippen molar-refractivity contribution in [3.05, 3.63) is 11.4 Å². The van der Waals surface area contributed by atoms with Crippen molar-refractivity contribution >= 4 is 11.7 Å². The summed E-state index contributed by atoms with van der Waals surface area (Å²) in [5, 5.41) is 0. The molecule has 0 amide bonds. The van der Waals surface area contributed by atoms with Crippen LogP contribution in [0.5, 0.6) is 0 Å². The van der Waals surface area contributed by atoms with Crippen LogP contribution in [0.2, 0.25) is 0 Å². The first-order valence-corrected chi connectivity index (χ1v) is 5.12.